The summed E-state index contributed by atoms with van der Waals surface area (Å²) in [5.74, 6) is 0.485. The molecule has 0 aliphatic carbocycles. The third kappa shape index (κ3) is 5.64. The van der Waals surface area contributed by atoms with Gasteiger partial charge in [-0.05, 0) is 36.3 Å². The third-order valence-corrected chi connectivity index (χ3v) is 2.89. The Morgan fingerprint density at radius 3 is 2.42 bits per heavy atom. The Kier molecular flexibility index (Phi) is 6.54. The van der Waals surface area contributed by atoms with Gasteiger partial charge in [0.05, 0.1) is 0 Å². The molecule has 2 unspecified atom stereocenters. The van der Waals surface area contributed by atoms with E-state index >= 15 is 0 Å². The van der Waals surface area contributed by atoms with E-state index in [1.165, 1.54) is 0 Å². The van der Waals surface area contributed by atoms with Crippen molar-refractivity contribution in [3.63, 3.8) is 0 Å². The highest BCUT2D eigenvalue weighted by Gasteiger charge is 2.28. The Labute approximate surface area is 75.2 Å². The van der Waals surface area contributed by atoms with Gasteiger partial charge in [-0.15, -0.1) is 0 Å². The molecule has 0 bridgehead atoms. The summed E-state index contributed by atoms with van der Waals surface area (Å²) >= 11 is 0. The van der Waals surface area contributed by atoms with E-state index < -0.39 is 8.03 Å². The van der Waals surface area contributed by atoms with E-state index in [0.29, 0.717) is 12.5 Å². The zero-order valence-corrected chi connectivity index (χ0v) is 8.76. The molecule has 4 heteroatoms. The molecule has 0 aliphatic rings. The lowest BCUT2D eigenvalue weighted by molar-refractivity contribution is 0.453. The van der Waals surface area contributed by atoms with Gasteiger partial charge in [-0.25, -0.2) is 0 Å². The molecule has 72 valence electrons. The summed E-state index contributed by atoms with van der Waals surface area (Å²) < 4.78 is 10.8. The second-order valence-electron chi connectivity index (χ2n) is 3.52. The van der Waals surface area contributed by atoms with Crippen LogP contribution in [0.5, 0.6) is 0 Å². The fourth-order valence-electron chi connectivity index (χ4n) is 1.22. The first kappa shape index (κ1) is 12.0. The average Bonchev–Trinajstić information content (AvgIpc) is 1.96. The summed E-state index contributed by atoms with van der Waals surface area (Å²) in [4.78, 5) is 8.96. The van der Waals surface area contributed by atoms with Crippen molar-refractivity contribution in [3.8, 4) is 0 Å². The third-order valence-electron chi connectivity index (χ3n) is 1.80. The maximum absolute atomic E-state index is 10.8. The number of nitrogens with two attached hydrogens (primary N) is 1. The number of hydrogen-bond donors (Lipinski definition) is 2. The van der Waals surface area contributed by atoms with Crippen molar-refractivity contribution in [1.29, 1.82) is 0 Å². The molecule has 0 heterocycles. The fourth-order valence-corrected chi connectivity index (χ4v) is 2.22. The summed E-state index contributed by atoms with van der Waals surface area (Å²) in [5, 5.41) is 0. The molecule has 0 aliphatic heterocycles. The molecule has 3 nitrogen and oxygen atoms in total. The Morgan fingerprint density at radius 2 is 2.08 bits per heavy atom. The van der Waals surface area contributed by atoms with Gasteiger partial charge in [-0.2, -0.15) is 4.89 Å². The van der Waals surface area contributed by atoms with E-state index in [9.17, 15) is 4.57 Å². The van der Waals surface area contributed by atoms with Gasteiger partial charge < -0.3 is 5.73 Å². The molecule has 0 saturated carbocycles. The Hall–Kier alpha value is 0.0200. The van der Waals surface area contributed by atoms with Gasteiger partial charge in [-0.3, -0.25) is 0 Å². The largest absolute Gasteiger partial charge is 0.508 e. The van der Waals surface area contributed by atoms with Gasteiger partial charge in [0.1, 0.15) is 0 Å². The highest BCUT2D eigenvalue weighted by molar-refractivity contribution is 7.38. The first-order chi connectivity index (χ1) is 5.57. The van der Waals surface area contributed by atoms with Crippen molar-refractivity contribution in [2.45, 2.75) is 38.8 Å². The Bertz CT molecular complexity index is 139. The summed E-state index contributed by atoms with van der Waals surface area (Å²) in [7, 11) is -2.01. The monoisotopic (exact) mass is 192 g/mol. The van der Waals surface area contributed by atoms with Gasteiger partial charge in [0, 0.05) is 0 Å². The summed E-state index contributed by atoms with van der Waals surface area (Å²) in [6.07, 6.45) is 2.45. The van der Waals surface area contributed by atoms with E-state index in [0.717, 1.165) is 19.3 Å². The second-order valence-corrected chi connectivity index (χ2v) is 4.85. The molecule has 0 aromatic carbocycles. The topological polar surface area (TPSA) is 63.3 Å². The summed E-state index contributed by atoms with van der Waals surface area (Å²) in [6, 6.07) is 0. The van der Waals surface area contributed by atoms with Crippen LogP contribution in [0.2, 0.25) is 0 Å². The van der Waals surface area contributed by atoms with Crippen LogP contribution >= 0.6 is 8.03 Å². The maximum Gasteiger partial charge on any atom is 0.508 e. The van der Waals surface area contributed by atoms with Crippen LogP contribution in [0.3, 0.4) is 0 Å². The first-order valence-electron chi connectivity index (χ1n) is 4.43. The molecule has 0 saturated heterocycles. The van der Waals surface area contributed by atoms with Crippen LogP contribution in [0.25, 0.3) is 0 Å². The van der Waals surface area contributed by atoms with Crippen molar-refractivity contribution in [1.82, 2.24) is 0 Å². The predicted molar refractivity (Wildman–Crippen MR) is 51.4 cm³/mol. The highest BCUT2D eigenvalue weighted by Crippen LogP contribution is 2.31. The minimum absolute atomic E-state index is 0.0523. The predicted octanol–water partition coefficient (Wildman–Crippen LogP) is 1.87. The van der Waals surface area contributed by atoms with Gasteiger partial charge in [0.25, 0.3) is 0 Å². The normalized spacial score (nSPS) is 14.9. The highest BCUT2D eigenvalue weighted by atomic mass is 31.1. The molecule has 0 rings (SSSR count). The zero-order valence-electron chi connectivity index (χ0n) is 7.86. The molecule has 3 N–H and O–H groups in total. The minimum atomic E-state index is -2.01. The Morgan fingerprint density at radius 1 is 1.50 bits per heavy atom. The van der Waals surface area contributed by atoms with Crippen LogP contribution in [-0.4, -0.2) is 17.1 Å². The molecule has 0 amide bonds. The van der Waals surface area contributed by atoms with Gasteiger partial charge in [0.15, 0.2) is 5.66 Å². The van der Waals surface area contributed by atoms with Gasteiger partial charge >= 0.3 is 8.03 Å². The molecule has 12 heavy (non-hydrogen) atoms. The van der Waals surface area contributed by atoms with E-state index in [2.05, 4.69) is 13.8 Å². The van der Waals surface area contributed by atoms with Crippen LogP contribution in [0.1, 0.15) is 33.1 Å². The zero-order chi connectivity index (χ0) is 9.56. The van der Waals surface area contributed by atoms with E-state index in [-0.39, 0.29) is 5.66 Å². The molecule has 0 spiro atoms. The molecule has 2 atom stereocenters. The second kappa shape index (κ2) is 6.53. The van der Waals surface area contributed by atoms with Gasteiger partial charge in [-0.1, -0.05) is 13.8 Å². The SMILES string of the molecule is CC(C)CC(CCCN)[P+](=O)O. The molecule has 0 fully saturated rings. The average molecular weight is 192 g/mol. The first-order valence-corrected chi connectivity index (χ1v) is 5.71. The van der Waals surface area contributed by atoms with Crippen LogP contribution in [0.15, 0.2) is 0 Å². The van der Waals surface area contributed by atoms with Gasteiger partial charge in [0.2, 0.25) is 0 Å². The van der Waals surface area contributed by atoms with Crippen LogP contribution in [0.4, 0.5) is 0 Å². The number of hydrogen-bond acceptors (Lipinski definition) is 2. The smallest absolute Gasteiger partial charge is 0.330 e. The Balaban J connectivity index is 3.78. The lowest BCUT2D eigenvalue weighted by Gasteiger charge is -2.06. The van der Waals surface area contributed by atoms with Crippen molar-refractivity contribution >= 4 is 8.03 Å². The summed E-state index contributed by atoms with van der Waals surface area (Å²) in [6.45, 7) is 4.74. The lowest BCUT2D eigenvalue weighted by Crippen LogP contribution is -2.09. The molecule has 0 radical (unpaired) electrons. The maximum atomic E-state index is 10.8. The molecular weight excluding hydrogens is 173 g/mol. The van der Waals surface area contributed by atoms with Crippen molar-refractivity contribution in [3.05, 3.63) is 0 Å². The minimum Gasteiger partial charge on any atom is -0.330 e. The van der Waals surface area contributed by atoms with Crippen molar-refractivity contribution in [2.24, 2.45) is 11.7 Å². The fraction of sp³-hybridized carbons (Fsp3) is 1.00. The quantitative estimate of drug-likeness (QED) is 0.631. The summed E-state index contributed by atoms with van der Waals surface area (Å²) in [5.41, 5.74) is 5.28. The molecule has 0 aromatic heterocycles. The lowest BCUT2D eigenvalue weighted by atomic mass is 10.0. The standard InChI is InChI=1S/C8H18NO2P/c1-7(2)6-8(12(10)11)4-3-5-9/h7-8H,3-6,9H2,1-2H3/p+1. The van der Waals surface area contributed by atoms with Crippen LogP contribution < -0.4 is 5.73 Å². The van der Waals surface area contributed by atoms with E-state index in [1.54, 1.807) is 0 Å². The van der Waals surface area contributed by atoms with Crippen LogP contribution in [0, 0.1) is 5.92 Å². The molecular formula is C8H19NO2P+. The van der Waals surface area contributed by atoms with E-state index in [4.69, 9.17) is 10.6 Å². The number of rotatable bonds is 6. The van der Waals surface area contributed by atoms with E-state index in [1.807, 2.05) is 0 Å². The van der Waals surface area contributed by atoms with Crippen LogP contribution in [-0.2, 0) is 4.57 Å². The van der Waals surface area contributed by atoms with Crippen molar-refractivity contribution < 1.29 is 9.46 Å². The van der Waals surface area contributed by atoms with Crippen molar-refractivity contribution in [2.75, 3.05) is 6.54 Å². The molecule has 0 aromatic rings.